The number of hydrogen-bond acceptors (Lipinski definition) is 2. The van der Waals surface area contributed by atoms with Crippen molar-refractivity contribution in [1.82, 2.24) is 0 Å². The highest BCUT2D eigenvalue weighted by Gasteiger charge is 2.29. The highest BCUT2D eigenvalue weighted by atomic mass is 35.5. The molecule has 0 aliphatic heterocycles. The summed E-state index contributed by atoms with van der Waals surface area (Å²) in [6, 6.07) is 9.16. The lowest BCUT2D eigenvalue weighted by Gasteiger charge is -2.25. The van der Waals surface area contributed by atoms with Crippen LogP contribution in [-0.2, 0) is 0 Å². The molecule has 0 bridgehead atoms. The number of benzene rings is 2. The molecule has 0 aromatic heterocycles. The maximum Gasteiger partial charge on any atom is 0.128 e. The van der Waals surface area contributed by atoms with Crippen LogP contribution in [0.3, 0.4) is 0 Å². The standard InChI is InChI=1S/C15H13Cl3FNO/c16-9-5-2-6-12(19)13(9)8(7-20)15(21)14-10(17)3-1-4-11(14)18/h1-6,8,15,21H,7,20H2. The third-order valence-corrected chi connectivity index (χ3v) is 4.29. The molecule has 0 spiro atoms. The van der Waals surface area contributed by atoms with Gasteiger partial charge in [-0.25, -0.2) is 4.39 Å². The van der Waals surface area contributed by atoms with Crippen LogP contribution in [0.4, 0.5) is 4.39 Å². The van der Waals surface area contributed by atoms with Gasteiger partial charge in [0, 0.05) is 38.7 Å². The minimum atomic E-state index is -1.16. The molecule has 0 saturated carbocycles. The van der Waals surface area contributed by atoms with E-state index in [2.05, 4.69) is 0 Å². The van der Waals surface area contributed by atoms with Gasteiger partial charge in [-0.2, -0.15) is 0 Å². The molecule has 2 rings (SSSR count). The van der Waals surface area contributed by atoms with E-state index in [0.717, 1.165) is 0 Å². The molecule has 0 heterocycles. The van der Waals surface area contributed by atoms with E-state index in [1.807, 2.05) is 0 Å². The molecule has 112 valence electrons. The van der Waals surface area contributed by atoms with Crippen LogP contribution in [0.5, 0.6) is 0 Å². The summed E-state index contributed by atoms with van der Waals surface area (Å²) < 4.78 is 14.0. The monoisotopic (exact) mass is 347 g/mol. The fraction of sp³-hybridized carbons (Fsp3) is 0.200. The number of nitrogens with two attached hydrogens (primary N) is 1. The molecule has 2 unspecified atom stereocenters. The Balaban J connectivity index is 2.51. The Morgan fingerprint density at radius 1 is 0.952 bits per heavy atom. The minimum absolute atomic E-state index is 0.0105. The molecule has 0 radical (unpaired) electrons. The third-order valence-electron chi connectivity index (χ3n) is 3.30. The van der Waals surface area contributed by atoms with Crippen molar-refractivity contribution >= 4 is 34.8 Å². The first-order chi connectivity index (χ1) is 9.97. The van der Waals surface area contributed by atoms with E-state index < -0.39 is 17.8 Å². The van der Waals surface area contributed by atoms with Crippen LogP contribution >= 0.6 is 34.8 Å². The molecule has 0 fully saturated rings. The van der Waals surface area contributed by atoms with E-state index in [9.17, 15) is 9.50 Å². The average molecular weight is 349 g/mol. The molecule has 2 nitrogen and oxygen atoms in total. The summed E-state index contributed by atoms with van der Waals surface area (Å²) >= 11 is 18.2. The molecule has 6 heteroatoms. The Morgan fingerprint density at radius 2 is 1.43 bits per heavy atom. The van der Waals surface area contributed by atoms with Crippen LogP contribution in [0.2, 0.25) is 15.1 Å². The zero-order chi connectivity index (χ0) is 15.6. The van der Waals surface area contributed by atoms with Crippen LogP contribution in [0.1, 0.15) is 23.1 Å². The van der Waals surface area contributed by atoms with Gasteiger partial charge in [0.2, 0.25) is 0 Å². The Kier molecular flexibility index (Phi) is 5.47. The molecular formula is C15H13Cl3FNO. The highest BCUT2D eigenvalue weighted by Crippen LogP contribution is 2.40. The molecule has 2 aromatic carbocycles. The Morgan fingerprint density at radius 3 is 1.90 bits per heavy atom. The molecular weight excluding hydrogens is 336 g/mol. The number of hydrogen-bond donors (Lipinski definition) is 2. The van der Waals surface area contributed by atoms with E-state index in [0.29, 0.717) is 15.6 Å². The van der Waals surface area contributed by atoms with Gasteiger partial charge in [-0.05, 0) is 24.3 Å². The zero-order valence-electron chi connectivity index (χ0n) is 10.9. The summed E-state index contributed by atoms with van der Waals surface area (Å²) in [7, 11) is 0. The SMILES string of the molecule is NCC(c1c(F)cccc1Cl)C(O)c1c(Cl)cccc1Cl. The van der Waals surface area contributed by atoms with Crippen molar-refractivity contribution < 1.29 is 9.50 Å². The van der Waals surface area contributed by atoms with Crippen LogP contribution in [-0.4, -0.2) is 11.7 Å². The van der Waals surface area contributed by atoms with E-state index in [1.165, 1.54) is 12.1 Å². The molecule has 0 aliphatic carbocycles. The van der Waals surface area contributed by atoms with Crippen LogP contribution in [0.15, 0.2) is 36.4 Å². The quantitative estimate of drug-likeness (QED) is 0.850. The van der Waals surface area contributed by atoms with Crippen molar-refractivity contribution in [3.63, 3.8) is 0 Å². The lowest BCUT2D eigenvalue weighted by atomic mass is 9.88. The van der Waals surface area contributed by atoms with Gasteiger partial charge in [0.25, 0.3) is 0 Å². The van der Waals surface area contributed by atoms with Gasteiger partial charge in [-0.3, -0.25) is 0 Å². The Hall–Kier alpha value is -0.840. The van der Waals surface area contributed by atoms with Crippen molar-refractivity contribution in [2.75, 3.05) is 6.54 Å². The molecule has 2 aromatic rings. The summed E-state index contributed by atoms with van der Waals surface area (Å²) in [5, 5.41) is 11.4. The first kappa shape index (κ1) is 16.5. The van der Waals surface area contributed by atoms with Gasteiger partial charge < -0.3 is 10.8 Å². The second kappa shape index (κ2) is 6.95. The molecule has 21 heavy (non-hydrogen) atoms. The van der Waals surface area contributed by atoms with Gasteiger partial charge >= 0.3 is 0 Å². The van der Waals surface area contributed by atoms with Crippen molar-refractivity contribution in [3.05, 3.63) is 68.4 Å². The van der Waals surface area contributed by atoms with Gasteiger partial charge in [0.1, 0.15) is 5.82 Å². The van der Waals surface area contributed by atoms with Gasteiger partial charge in [-0.15, -0.1) is 0 Å². The molecule has 3 N–H and O–H groups in total. The number of halogens is 4. The molecule has 2 atom stereocenters. The molecule has 0 aliphatic rings. The van der Waals surface area contributed by atoms with Crippen LogP contribution in [0, 0.1) is 5.82 Å². The maximum atomic E-state index is 14.0. The highest BCUT2D eigenvalue weighted by molar-refractivity contribution is 6.36. The van der Waals surface area contributed by atoms with E-state index >= 15 is 0 Å². The van der Waals surface area contributed by atoms with E-state index in [1.54, 1.807) is 24.3 Å². The first-order valence-corrected chi connectivity index (χ1v) is 7.36. The number of aliphatic hydroxyl groups excluding tert-OH is 1. The Bertz CT molecular complexity index is 610. The fourth-order valence-corrected chi connectivity index (χ4v) is 3.19. The molecule has 0 amide bonds. The second-order valence-corrected chi connectivity index (χ2v) is 5.78. The lowest BCUT2D eigenvalue weighted by molar-refractivity contribution is 0.146. The molecule has 0 saturated heterocycles. The van der Waals surface area contributed by atoms with Gasteiger partial charge in [0.05, 0.1) is 6.10 Å². The van der Waals surface area contributed by atoms with Gasteiger partial charge in [-0.1, -0.05) is 46.9 Å². The predicted molar refractivity (Wildman–Crippen MR) is 84.6 cm³/mol. The summed E-state index contributed by atoms with van der Waals surface area (Å²) in [5.41, 5.74) is 6.18. The van der Waals surface area contributed by atoms with Crippen LogP contribution < -0.4 is 5.73 Å². The predicted octanol–water partition coefficient (Wildman–Crippen LogP) is 4.56. The summed E-state index contributed by atoms with van der Waals surface area (Å²) in [4.78, 5) is 0. The number of rotatable bonds is 4. The van der Waals surface area contributed by atoms with Gasteiger partial charge in [0.15, 0.2) is 0 Å². The van der Waals surface area contributed by atoms with Crippen molar-refractivity contribution in [1.29, 1.82) is 0 Å². The fourth-order valence-electron chi connectivity index (χ4n) is 2.26. The van der Waals surface area contributed by atoms with Crippen LogP contribution in [0.25, 0.3) is 0 Å². The minimum Gasteiger partial charge on any atom is -0.388 e. The van der Waals surface area contributed by atoms with E-state index in [-0.39, 0.29) is 17.1 Å². The second-order valence-electron chi connectivity index (χ2n) is 4.56. The average Bonchev–Trinajstić information content (AvgIpc) is 2.42. The Labute approximate surface area is 137 Å². The van der Waals surface area contributed by atoms with Crippen molar-refractivity contribution in [2.24, 2.45) is 5.73 Å². The first-order valence-electron chi connectivity index (χ1n) is 6.23. The summed E-state index contributed by atoms with van der Waals surface area (Å²) in [6.07, 6.45) is -1.16. The topological polar surface area (TPSA) is 46.2 Å². The maximum absolute atomic E-state index is 14.0. The third kappa shape index (κ3) is 3.33. The van der Waals surface area contributed by atoms with E-state index in [4.69, 9.17) is 40.5 Å². The lowest BCUT2D eigenvalue weighted by Crippen LogP contribution is -2.22. The largest absolute Gasteiger partial charge is 0.388 e. The van der Waals surface area contributed by atoms with Crippen molar-refractivity contribution in [2.45, 2.75) is 12.0 Å². The normalized spacial score (nSPS) is 14.0. The summed E-state index contributed by atoms with van der Waals surface area (Å²) in [5.74, 6) is -1.28. The summed E-state index contributed by atoms with van der Waals surface area (Å²) in [6.45, 7) is -0.0105. The number of aliphatic hydroxyl groups is 1. The smallest absolute Gasteiger partial charge is 0.128 e. The zero-order valence-corrected chi connectivity index (χ0v) is 13.1. The van der Waals surface area contributed by atoms with Crippen molar-refractivity contribution in [3.8, 4) is 0 Å².